The molecule has 0 spiro atoms. The molecule has 0 fully saturated rings. The minimum absolute atomic E-state index is 0.0574. The Morgan fingerprint density at radius 2 is 1.53 bits per heavy atom. The van der Waals surface area contributed by atoms with Crippen molar-refractivity contribution in [1.82, 2.24) is 20.9 Å². The molecule has 0 saturated carbocycles. The fourth-order valence-corrected chi connectivity index (χ4v) is 4.32. The van der Waals surface area contributed by atoms with Crippen LogP contribution < -0.4 is 21.7 Å². The van der Waals surface area contributed by atoms with Crippen LogP contribution >= 0.6 is 0 Å². The molecular formula is C28H43N5O5. The molecule has 1 heterocycles. The summed E-state index contributed by atoms with van der Waals surface area (Å²) in [5, 5.41) is 18.6. The summed E-state index contributed by atoms with van der Waals surface area (Å²) in [7, 11) is 0. The molecule has 0 radical (unpaired) electrons. The summed E-state index contributed by atoms with van der Waals surface area (Å²) in [6.07, 6.45) is 2.95. The second-order valence-electron chi connectivity index (χ2n) is 10.8. The number of rotatable bonds is 14. The van der Waals surface area contributed by atoms with Crippen LogP contribution in [0.5, 0.6) is 0 Å². The van der Waals surface area contributed by atoms with E-state index in [4.69, 9.17) is 5.73 Å². The van der Waals surface area contributed by atoms with Crippen LogP contribution in [0.15, 0.2) is 30.5 Å². The van der Waals surface area contributed by atoms with E-state index < -0.39 is 47.9 Å². The summed E-state index contributed by atoms with van der Waals surface area (Å²) in [5.74, 6) is -3.18. The van der Waals surface area contributed by atoms with Crippen molar-refractivity contribution in [2.45, 2.75) is 85.0 Å². The number of amides is 3. The third kappa shape index (κ3) is 8.31. The maximum absolute atomic E-state index is 13.3. The first-order valence-electron chi connectivity index (χ1n) is 13.3. The number of carbonyl (C=O) groups is 4. The zero-order valence-electron chi connectivity index (χ0n) is 23.2. The smallest absolute Gasteiger partial charge is 0.326 e. The molecule has 0 aliphatic rings. The van der Waals surface area contributed by atoms with Crippen LogP contribution in [-0.4, -0.2) is 57.9 Å². The van der Waals surface area contributed by atoms with Crippen LogP contribution in [0.25, 0.3) is 10.9 Å². The van der Waals surface area contributed by atoms with Gasteiger partial charge in [0, 0.05) is 17.1 Å². The molecule has 7 N–H and O–H groups in total. The summed E-state index contributed by atoms with van der Waals surface area (Å²) < 4.78 is 0. The van der Waals surface area contributed by atoms with E-state index in [1.807, 2.05) is 58.2 Å². The highest BCUT2D eigenvalue weighted by atomic mass is 16.4. The van der Waals surface area contributed by atoms with E-state index in [0.717, 1.165) is 16.5 Å². The number of fused-ring (bicyclic) bond motifs is 1. The monoisotopic (exact) mass is 529 g/mol. The van der Waals surface area contributed by atoms with E-state index in [2.05, 4.69) is 20.9 Å². The van der Waals surface area contributed by atoms with Crippen molar-refractivity contribution in [2.75, 3.05) is 0 Å². The Morgan fingerprint density at radius 1 is 0.921 bits per heavy atom. The van der Waals surface area contributed by atoms with Gasteiger partial charge in [0.05, 0.1) is 6.04 Å². The number of hydrogen-bond acceptors (Lipinski definition) is 5. The maximum Gasteiger partial charge on any atom is 0.326 e. The highest BCUT2D eigenvalue weighted by molar-refractivity contribution is 5.94. The van der Waals surface area contributed by atoms with Crippen LogP contribution in [-0.2, 0) is 25.6 Å². The van der Waals surface area contributed by atoms with Gasteiger partial charge in [-0.05, 0) is 42.2 Å². The van der Waals surface area contributed by atoms with Crippen LogP contribution in [0.2, 0.25) is 0 Å². The van der Waals surface area contributed by atoms with Gasteiger partial charge in [-0.2, -0.15) is 0 Å². The molecule has 0 aliphatic carbocycles. The highest BCUT2D eigenvalue weighted by Gasteiger charge is 2.34. The molecule has 1 aromatic carbocycles. The summed E-state index contributed by atoms with van der Waals surface area (Å²) in [6, 6.07) is 3.89. The lowest BCUT2D eigenvalue weighted by atomic mass is 9.95. The van der Waals surface area contributed by atoms with Gasteiger partial charge in [-0.25, -0.2) is 4.79 Å². The Hall–Kier alpha value is -3.40. The molecule has 1 aromatic heterocycles. The van der Waals surface area contributed by atoms with Crippen molar-refractivity contribution in [1.29, 1.82) is 0 Å². The van der Waals surface area contributed by atoms with Gasteiger partial charge in [0.1, 0.15) is 18.1 Å². The van der Waals surface area contributed by atoms with Gasteiger partial charge in [-0.3, -0.25) is 14.4 Å². The largest absolute Gasteiger partial charge is 0.480 e. The van der Waals surface area contributed by atoms with Crippen LogP contribution in [0, 0.1) is 17.8 Å². The fraction of sp³-hybridized carbons (Fsp3) is 0.571. The Balaban J connectivity index is 2.12. The van der Waals surface area contributed by atoms with E-state index in [9.17, 15) is 24.3 Å². The van der Waals surface area contributed by atoms with E-state index in [0.29, 0.717) is 6.42 Å². The van der Waals surface area contributed by atoms with Crippen molar-refractivity contribution in [2.24, 2.45) is 23.5 Å². The van der Waals surface area contributed by atoms with E-state index in [1.54, 1.807) is 13.8 Å². The number of para-hydroxylation sites is 1. The number of carboxylic acids is 1. The van der Waals surface area contributed by atoms with E-state index in [-0.39, 0.29) is 30.6 Å². The molecule has 3 amide bonds. The third-order valence-electron chi connectivity index (χ3n) is 6.81. The minimum atomic E-state index is -1.13. The van der Waals surface area contributed by atoms with Gasteiger partial charge in [0.15, 0.2) is 0 Å². The molecule has 5 atom stereocenters. The van der Waals surface area contributed by atoms with Crippen molar-refractivity contribution in [3.8, 4) is 0 Å². The Bertz CT molecular complexity index is 1110. The Kier molecular flexibility index (Phi) is 11.3. The summed E-state index contributed by atoms with van der Waals surface area (Å²) in [5.41, 5.74) is 8.06. The number of H-pyrrole nitrogens is 1. The maximum atomic E-state index is 13.3. The molecule has 10 nitrogen and oxygen atoms in total. The third-order valence-corrected chi connectivity index (χ3v) is 6.81. The topological polar surface area (TPSA) is 166 Å². The van der Waals surface area contributed by atoms with Crippen molar-refractivity contribution >= 4 is 34.6 Å². The van der Waals surface area contributed by atoms with E-state index in [1.165, 1.54) is 0 Å². The first kappa shape index (κ1) is 30.8. The van der Waals surface area contributed by atoms with Crippen LogP contribution in [0.1, 0.15) is 59.9 Å². The summed E-state index contributed by atoms with van der Waals surface area (Å²) in [4.78, 5) is 54.2. The number of carbonyl (C=O) groups excluding carboxylic acids is 3. The van der Waals surface area contributed by atoms with Crippen molar-refractivity contribution in [3.05, 3.63) is 36.0 Å². The van der Waals surface area contributed by atoms with Crippen LogP contribution in [0.3, 0.4) is 0 Å². The molecular weight excluding hydrogens is 486 g/mol. The average molecular weight is 530 g/mol. The number of benzene rings is 1. The predicted octanol–water partition coefficient (Wildman–Crippen LogP) is 2.32. The van der Waals surface area contributed by atoms with Gasteiger partial charge >= 0.3 is 5.97 Å². The Morgan fingerprint density at radius 3 is 2.11 bits per heavy atom. The van der Waals surface area contributed by atoms with Gasteiger partial charge in [-0.15, -0.1) is 0 Å². The molecule has 0 aliphatic heterocycles. The molecule has 5 unspecified atom stereocenters. The molecule has 38 heavy (non-hydrogen) atoms. The molecule has 2 aromatic rings. The lowest BCUT2D eigenvalue weighted by Crippen LogP contribution is -2.60. The highest BCUT2D eigenvalue weighted by Crippen LogP contribution is 2.19. The second-order valence-corrected chi connectivity index (χ2v) is 10.8. The summed E-state index contributed by atoms with van der Waals surface area (Å²) >= 11 is 0. The zero-order chi connectivity index (χ0) is 28.6. The second kappa shape index (κ2) is 13.9. The first-order chi connectivity index (χ1) is 17.8. The fourth-order valence-electron chi connectivity index (χ4n) is 4.32. The number of aromatic amines is 1. The molecule has 0 saturated heterocycles. The number of hydrogen-bond donors (Lipinski definition) is 6. The number of aromatic nitrogens is 1. The number of nitrogens with two attached hydrogens (primary N) is 1. The quantitative estimate of drug-likeness (QED) is 0.220. The zero-order valence-corrected chi connectivity index (χ0v) is 23.2. The van der Waals surface area contributed by atoms with Gasteiger partial charge in [-0.1, -0.05) is 66.2 Å². The molecule has 210 valence electrons. The lowest BCUT2D eigenvalue weighted by molar-refractivity contribution is -0.143. The standard InChI is InChI=1S/C28H43N5O5/c1-7-17(6)24(27(36)31-22(28(37)38)12-15(2)3)33-26(35)23(16(4)5)32-25(34)20(29)13-18-14-30-21-11-9-8-10-19(18)21/h8-11,14-17,20,22-24,30H,7,12-13,29H2,1-6H3,(H,31,36)(H,32,34)(H,33,35)(H,37,38). The van der Waals surface area contributed by atoms with Crippen molar-refractivity contribution < 1.29 is 24.3 Å². The SMILES string of the molecule is CCC(C)C(NC(=O)C(NC(=O)C(N)Cc1c[nH]c2ccccc12)C(C)C)C(=O)NC(CC(C)C)C(=O)O. The Labute approximate surface area is 224 Å². The van der Waals surface area contributed by atoms with Gasteiger partial charge in [0.25, 0.3) is 0 Å². The van der Waals surface area contributed by atoms with Gasteiger partial charge < -0.3 is 31.8 Å². The lowest BCUT2D eigenvalue weighted by Gasteiger charge is -2.29. The van der Waals surface area contributed by atoms with E-state index >= 15 is 0 Å². The normalized spacial score (nSPS) is 15.5. The number of aliphatic carboxylic acids is 1. The first-order valence-corrected chi connectivity index (χ1v) is 13.3. The predicted molar refractivity (Wildman–Crippen MR) is 147 cm³/mol. The molecule has 0 bridgehead atoms. The number of carboxylic acid groups (broad SMARTS) is 1. The molecule has 2 rings (SSSR count). The minimum Gasteiger partial charge on any atom is -0.480 e. The summed E-state index contributed by atoms with van der Waals surface area (Å²) in [6.45, 7) is 11.0. The number of nitrogens with one attached hydrogen (secondary N) is 4. The van der Waals surface area contributed by atoms with Crippen LogP contribution in [0.4, 0.5) is 0 Å². The average Bonchev–Trinajstić information content (AvgIpc) is 3.26. The van der Waals surface area contributed by atoms with Gasteiger partial charge in [0.2, 0.25) is 17.7 Å². The van der Waals surface area contributed by atoms with Crippen molar-refractivity contribution in [3.63, 3.8) is 0 Å². The molecule has 10 heteroatoms.